The maximum Gasteiger partial charge on any atom is 0.311 e. The molecule has 0 spiro atoms. The van der Waals surface area contributed by atoms with Crippen molar-refractivity contribution in [1.82, 2.24) is 10.2 Å². The van der Waals surface area contributed by atoms with Gasteiger partial charge in [0.2, 0.25) is 0 Å². The fourth-order valence-electron chi connectivity index (χ4n) is 3.22. The van der Waals surface area contributed by atoms with Crippen LogP contribution in [0.5, 0.6) is 5.75 Å². The molecule has 1 aliphatic heterocycles. The summed E-state index contributed by atoms with van der Waals surface area (Å²) in [7, 11) is 1.46. The van der Waals surface area contributed by atoms with Crippen LogP contribution in [0.15, 0.2) is 18.2 Å². The van der Waals surface area contributed by atoms with Crippen molar-refractivity contribution in [3.8, 4) is 5.75 Å². The minimum atomic E-state index is -0.375. The summed E-state index contributed by atoms with van der Waals surface area (Å²) >= 11 is 0. The van der Waals surface area contributed by atoms with Gasteiger partial charge in [-0.3, -0.25) is 15.0 Å². The zero-order valence-corrected chi connectivity index (χ0v) is 13.8. The van der Waals surface area contributed by atoms with Crippen molar-refractivity contribution in [2.75, 3.05) is 33.3 Å². The summed E-state index contributed by atoms with van der Waals surface area (Å²) in [6.45, 7) is 10.3. The Bertz CT molecular complexity index is 534. The first kappa shape index (κ1) is 16.7. The summed E-state index contributed by atoms with van der Waals surface area (Å²) in [5.41, 5.74) is 0.992. The molecule has 122 valence electrons. The third-order valence-electron chi connectivity index (χ3n) is 4.05. The van der Waals surface area contributed by atoms with Gasteiger partial charge in [0.1, 0.15) is 0 Å². The molecule has 6 heteroatoms. The van der Waals surface area contributed by atoms with Gasteiger partial charge in [-0.1, -0.05) is 26.8 Å². The van der Waals surface area contributed by atoms with Crippen LogP contribution in [-0.2, 0) is 0 Å². The number of nitrogens with one attached hydrogen (secondary N) is 1. The summed E-state index contributed by atoms with van der Waals surface area (Å²) in [5, 5.41) is 14.6. The second-order valence-electron chi connectivity index (χ2n) is 6.74. The van der Waals surface area contributed by atoms with Crippen LogP contribution in [0.3, 0.4) is 0 Å². The SMILES string of the molecule is COc1ccc([C@H](N2CCNCC2)C(C)(C)C)cc1[N+](=O)[O-]. The van der Waals surface area contributed by atoms with E-state index in [2.05, 4.69) is 31.0 Å². The van der Waals surface area contributed by atoms with Gasteiger partial charge < -0.3 is 10.1 Å². The Morgan fingerprint density at radius 3 is 2.45 bits per heavy atom. The molecule has 1 aromatic carbocycles. The minimum Gasteiger partial charge on any atom is -0.490 e. The highest BCUT2D eigenvalue weighted by Crippen LogP contribution is 2.40. The summed E-state index contributed by atoms with van der Waals surface area (Å²) in [5.74, 6) is 0.307. The molecule has 0 aromatic heterocycles. The van der Waals surface area contributed by atoms with Crippen LogP contribution in [0.1, 0.15) is 32.4 Å². The van der Waals surface area contributed by atoms with Gasteiger partial charge in [-0.2, -0.15) is 0 Å². The second-order valence-corrected chi connectivity index (χ2v) is 6.74. The van der Waals surface area contributed by atoms with E-state index in [0.717, 1.165) is 31.7 Å². The van der Waals surface area contributed by atoms with E-state index in [0.29, 0.717) is 5.75 Å². The highest BCUT2D eigenvalue weighted by molar-refractivity contribution is 5.49. The molecule has 2 rings (SSSR count). The van der Waals surface area contributed by atoms with E-state index < -0.39 is 0 Å². The van der Waals surface area contributed by atoms with Gasteiger partial charge in [-0.25, -0.2) is 0 Å². The number of hydrogen-bond acceptors (Lipinski definition) is 5. The van der Waals surface area contributed by atoms with Gasteiger partial charge in [-0.15, -0.1) is 0 Å². The number of nitro groups is 1. The van der Waals surface area contributed by atoms with E-state index in [1.54, 1.807) is 12.1 Å². The van der Waals surface area contributed by atoms with E-state index in [9.17, 15) is 10.1 Å². The predicted octanol–water partition coefficient (Wildman–Crippen LogP) is 2.60. The first-order valence-corrected chi connectivity index (χ1v) is 7.61. The van der Waals surface area contributed by atoms with E-state index in [1.807, 2.05) is 6.07 Å². The van der Waals surface area contributed by atoms with Gasteiger partial charge in [0.15, 0.2) is 5.75 Å². The molecule has 1 aromatic rings. The second kappa shape index (κ2) is 6.62. The number of piperazine rings is 1. The Morgan fingerprint density at radius 2 is 1.95 bits per heavy atom. The number of nitrogens with zero attached hydrogens (tertiary/aromatic N) is 2. The number of ether oxygens (including phenoxy) is 1. The molecular weight excluding hydrogens is 282 g/mol. The molecule has 0 radical (unpaired) electrons. The standard InChI is InChI=1S/C16H25N3O3/c1-16(2,3)15(18-9-7-17-8-10-18)12-5-6-14(22-4)13(11-12)19(20)21/h5-6,11,15,17H,7-10H2,1-4H3/t15-/m0/s1. The molecule has 6 nitrogen and oxygen atoms in total. The maximum absolute atomic E-state index is 11.3. The normalized spacial score (nSPS) is 18.0. The van der Waals surface area contributed by atoms with Crippen LogP contribution >= 0.6 is 0 Å². The van der Waals surface area contributed by atoms with Crippen molar-refractivity contribution in [2.45, 2.75) is 26.8 Å². The molecule has 1 atom stereocenters. The fraction of sp³-hybridized carbons (Fsp3) is 0.625. The average Bonchev–Trinajstić information content (AvgIpc) is 2.47. The molecule has 1 fully saturated rings. The lowest BCUT2D eigenvalue weighted by Gasteiger charge is -2.42. The molecule has 1 N–H and O–H groups in total. The number of methoxy groups -OCH3 is 1. The molecule has 0 bridgehead atoms. The molecule has 1 heterocycles. The van der Waals surface area contributed by atoms with Crippen LogP contribution in [0.4, 0.5) is 5.69 Å². The summed E-state index contributed by atoms with van der Waals surface area (Å²) < 4.78 is 5.11. The van der Waals surface area contributed by atoms with E-state index >= 15 is 0 Å². The van der Waals surface area contributed by atoms with Crippen LogP contribution in [0, 0.1) is 15.5 Å². The van der Waals surface area contributed by atoms with E-state index in [-0.39, 0.29) is 22.1 Å². The smallest absolute Gasteiger partial charge is 0.311 e. The summed E-state index contributed by atoms with van der Waals surface area (Å²) in [6.07, 6.45) is 0. The van der Waals surface area contributed by atoms with Crippen molar-refractivity contribution >= 4 is 5.69 Å². The Hall–Kier alpha value is -1.66. The lowest BCUT2D eigenvalue weighted by molar-refractivity contribution is -0.385. The van der Waals surface area contributed by atoms with Gasteiger partial charge in [-0.05, 0) is 17.0 Å². The number of rotatable bonds is 4. The lowest BCUT2D eigenvalue weighted by atomic mass is 9.80. The third kappa shape index (κ3) is 3.56. The van der Waals surface area contributed by atoms with Crippen LogP contribution in [0.2, 0.25) is 0 Å². The fourth-order valence-corrected chi connectivity index (χ4v) is 3.22. The van der Waals surface area contributed by atoms with Crippen molar-refractivity contribution in [2.24, 2.45) is 5.41 Å². The van der Waals surface area contributed by atoms with Gasteiger partial charge in [0.05, 0.1) is 12.0 Å². The van der Waals surface area contributed by atoms with Crippen LogP contribution in [-0.4, -0.2) is 43.1 Å². The average molecular weight is 307 g/mol. The molecule has 1 aliphatic rings. The summed E-state index contributed by atoms with van der Waals surface area (Å²) in [6, 6.07) is 5.45. The molecule has 22 heavy (non-hydrogen) atoms. The molecular formula is C16H25N3O3. The molecule has 0 aliphatic carbocycles. The maximum atomic E-state index is 11.3. The van der Waals surface area contributed by atoms with E-state index in [4.69, 9.17) is 4.74 Å². The lowest BCUT2D eigenvalue weighted by Crippen LogP contribution is -2.48. The largest absolute Gasteiger partial charge is 0.490 e. The van der Waals surface area contributed by atoms with Crippen molar-refractivity contribution < 1.29 is 9.66 Å². The molecule has 0 unspecified atom stereocenters. The highest BCUT2D eigenvalue weighted by atomic mass is 16.6. The number of benzene rings is 1. The molecule has 0 amide bonds. The first-order chi connectivity index (χ1) is 10.3. The van der Waals surface area contributed by atoms with Gasteiger partial charge >= 0.3 is 5.69 Å². The Balaban J connectivity index is 2.43. The topological polar surface area (TPSA) is 67.6 Å². The van der Waals surface area contributed by atoms with Crippen molar-refractivity contribution in [1.29, 1.82) is 0 Å². The Kier molecular flexibility index (Phi) is 5.03. The van der Waals surface area contributed by atoms with Crippen molar-refractivity contribution in [3.63, 3.8) is 0 Å². The molecule has 0 saturated carbocycles. The predicted molar refractivity (Wildman–Crippen MR) is 86.3 cm³/mol. The zero-order valence-electron chi connectivity index (χ0n) is 13.8. The summed E-state index contributed by atoms with van der Waals surface area (Å²) in [4.78, 5) is 13.3. The first-order valence-electron chi connectivity index (χ1n) is 7.61. The Labute approximate surface area is 131 Å². The monoisotopic (exact) mass is 307 g/mol. The van der Waals surface area contributed by atoms with Crippen molar-refractivity contribution in [3.05, 3.63) is 33.9 Å². The van der Waals surface area contributed by atoms with Crippen LogP contribution in [0.25, 0.3) is 0 Å². The Morgan fingerprint density at radius 1 is 1.32 bits per heavy atom. The van der Waals surface area contributed by atoms with Crippen LogP contribution < -0.4 is 10.1 Å². The molecule has 1 saturated heterocycles. The third-order valence-corrected chi connectivity index (χ3v) is 4.05. The number of hydrogen-bond donors (Lipinski definition) is 1. The zero-order chi connectivity index (χ0) is 16.3. The quantitative estimate of drug-likeness (QED) is 0.684. The number of nitro benzene ring substituents is 1. The highest BCUT2D eigenvalue weighted by Gasteiger charge is 2.33. The minimum absolute atomic E-state index is 0.0141. The van der Waals surface area contributed by atoms with Gasteiger partial charge in [0, 0.05) is 38.3 Å². The van der Waals surface area contributed by atoms with Gasteiger partial charge in [0.25, 0.3) is 0 Å². The van der Waals surface area contributed by atoms with E-state index in [1.165, 1.54) is 7.11 Å².